The standard InChI is InChI=1S/C10H13OSi/c1-4-11-10-8(3)7(2)5-6-9(10)12/h5-6H,4H2,1-3H3. The molecule has 1 aromatic rings. The zero-order chi connectivity index (χ0) is 9.14. The van der Waals surface area contributed by atoms with Gasteiger partial charge < -0.3 is 4.74 Å². The fourth-order valence-electron chi connectivity index (χ4n) is 1.12. The Balaban J connectivity index is 3.14. The van der Waals surface area contributed by atoms with E-state index in [1.54, 1.807) is 0 Å². The molecule has 0 heterocycles. The average molecular weight is 177 g/mol. The number of hydrogen-bond acceptors (Lipinski definition) is 1. The molecule has 3 radical (unpaired) electrons. The lowest BCUT2D eigenvalue weighted by Crippen LogP contribution is -2.11. The van der Waals surface area contributed by atoms with E-state index in [1.165, 1.54) is 11.1 Å². The van der Waals surface area contributed by atoms with Crippen LogP contribution >= 0.6 is 0 Å². The van der Waals surface area contributed by atoms with Crippen molar-refractivity contribution in [1.82, 2.24) is 0 Å². The van der Waals surface area contributed by atoms with Crippen molar-refractivity contribution in [3.05, 3.63) is 23.3 Å². The first-order valence-electron chi connectivity index (χ1n) is 4.11. The molecule has 0 aliphatic heterocycles. The van der Waals surface area contributed by atoms with Gasteiger partial charge >= 0.3 is 0 Å². The third-order valence-corrected chi connectivity index (χ3v) is 2.36. The molecule has 0 spiro atoms. The van der Waals surface area contributed by atoms with E-state index in [9.17, 15) is 0 Å². The number of benzene rings is 1. The minimum absolute atomic E-state index is 0.710. The van der Waals surface area contributed by atoms with Gasteiger partial charge in [-0.1, -0.05) is 12.1 Å². The summed E-state index contributed by atoms with van der Waals surface area (Å²) in [5, 5.41) is 1.03. The lowest BCUT2D eigenvalue weighted by atomic mass is 10.1. The lowest BCUT2D eigenvalue weighted by molar-refractivity contribution is 0.340. The van der Waals surface area contributed by atoms with Crippen molar-refractivity contribution in [3.63, 3.8) is 0 Å². The highest BCUT2D eigenvalue weighted by Gasteiger charge is 2.04. The van der Waals surface area contributed by atoms with Crippen LogP contribution in [-0.2, 0) is 0 Å². The largest absolute Gasteiger partial charge is 0.494 e. The molecule has 0 fully saturated rings. The van der Waals surface area contributed by atoms with Crippen LogP contribution in [0.25, 0.3) is 0 Å². The van der Waals surface area contributed by atoms with Gasteiger partial charge in [-0.05, 0) is 37.1 Å². The maximum atomic E-state index is 5.50. The molecule has 2 heteroatoms. The number of aryl methyl sites for hydroxylation is 1. The zero-order valence-electron chi connectivity index (χ0n) is 7.77. The van der Waals surface area contributed by atoms with E-state index in [0.717, 1.165) is 10.9 Å². The Hall–Kier alpha value is -0.763. The van der Waals surface area contributed by atoms with Gasteiger partial charge in [0.1, 0.15) is 5.75 Å². The Kier molecular flexibility index (Phi) is 2.92. The van der Waals surface area contributed by atoms with Gasteiger partial charge in [0.2, 0.25) is 0 Å². The monoisotopic (exact) mass is 177 g/mol. The minimum Gasteiger partial charge on any atom is -0.494 e. The van der Waals surface area contributed by atoms with Crippen LogP contribution in [0.5, 0.6) is 5.75 Å². The number of rotatable bonds is 2. The van der Waals surface area contributed by atoms with Crippen molar-refractivity contribution in [1.29, 1.82) is 0 Å². The van der Waals surface area contributed by atoms with Crippen LogP contribution in [0.1, 0.15) is 18.1 Å². The Morgan fingerprint density at radius 1 is 1.33 bits per heavy atom. The van der Waals surface area contributed by atoms with Crippen molar-refractivity contribution >= 4 is 15.4 Å². The van der Waals surface area contributed by atoms with Crippen LogP contribution in [0.3, 0.4) is 0 Å². The summed E-state index contributed by atoms with van der Waals surface area (Å²) < 4.78 is 5.50. The second-order valence-corrected chi connectivity index (χ2v) is 3.36. The molecule has 12 heavy (non-hydrogen) atoms. The van der Waals surface area contributed by atoms with Gasteiger partial charge in [0.05, 0.1) is 16.8 Å². The summed E-state index contributed by atoms with van der Waals surface area (Å²) >= 11 is 0. The Bertz CT molecular complexity index is 281. The van der Waals surface area contributed by atoms with Crippen molar-refractivity contribution in [2.24, 2.45) is 0 Å². The normalized spacial score (nSPS) is 10.0. The van der Waals surface area contributed by atoms with Crippen LogP contribution in [0, 0.1) is 13.8 Å². The van der Waals surface area contributed by atoms with Crippen LogP contribution in [0.15, 0.2) is 12.1 Å². The average Bonchev–Trinajstić information content (AvgIpc) is 2.06. The van der Waals surface area contributed by atoms with E-state index in [-0.39, 0.29) is 0 Å². The molecule has 0 unspecified atom stereocenters. The quantitative estimate of drug-likeness (QED) is 0.622. The molecule has 0 aromatic heterocycles. The third kappa shape index (κ3) is 1.69. The van der Waals surface area contributed by atoms with E-state index in [0.29, 0.717) is 6.61 Å². The van der Waals surface area contributed by atoms with Gasteiger partial charge in [-0.25, -0.2) is 0 Å². The Morgan fingerprint density at radius 2 is 2.00 bits per heavy atom. The van der Waals surface area contributed by atoms with Crippen molar-refractivity contribution < 1.29 is 4.74 Å². The predicted octanol–water partition coefficient (Wildman–Crippen LogP) is 1.50. The molecule has 0 N–H and O–H groups in total. The zero-order valence-corrected chi connectivity index (χ0v) is 8.77. The Morgan fingerprint density at radius 3 is 2.58 bits per heavy atom. The summed E-state index contributed by atoms with van der Waals surface area (Å²) in [5.41, 5.74) is 2.48. The molecule has 0 saturated heterocycles. The first kappa shape index (κ1) is 9.33. The van der Waals surface area contributed by atoms with Crippen LogP contribution in [0.4, 0.5) is 0 Å². The van der Waals surface area contributed by atoms with Gasteiger partial charge in [0.15, 0.2) is 0 Å². The van der Waals surface area contributed by atoms with E-state index in [2.05, 4.69) is 30.2 Å². The molecule has 1 aromatic carbocycles. The van der Waals surface area contributed by atoms with Crippen molar-refractivity contribution in [2.45, 2.75) is 20.8 Å². The highest BCUT2D eigenvalue weighted by atomic mass is 28.1. The molecule has 0 atom stereocenters. The summed E-state index contributed by atoms with van der Waals surface area (Å²) in [4.78, 5) is 0. The predicted molar refractivity (Wildman–Crippen MR) is 52.5 cm³/mol. The van der Waals surface area contributed by atoms with E-state index in [1.807, 2.05) is 13.0 Å². The molecule has 0 aliphatic rings. The Labute approximate surface area is 77.2 Å². The van der Waals surface area contributed by atoms with E-state index in [4.69, 9.17) is 4.74 Å². The molecular formula is C10H13OSi. The van der Waals surface area contributed by atoms with Gasteiger partial charge in [0.25, 0.3) is 0 Å². The summed E-state index contributed by atoms with van der Waals surface area (Å²) in [5.74, 6) is 0.967. The molecular weight excluding hydrogens is 164 g/mol. The van der Waals surface area contributed by atoms with E-state index < -0.39 is 0 Å². The molecule has 0 saturated carbocycles. The highest BCUT2D eigenvalue weighted by molar-refractivity contribution is 6.34. The molecule has 0 aliphatic carbocycles. The first-order chi connectivity index (χ1) is 5.66. The third-order valence-electron chi connectivity index (χ3n) is 1.97. The lowest BCUT2D eigenvalue weighted by Gasteiger charge is -2.11. The summed E-state index contributed by atoms with van der Waals surface area (Å²) in [7, 11) is 3.51. The summed E-state index contributed by atoms with van der Waals surface area (Å²) in [6, 6.07) is 4.10. The van der Waals surface area contributed by atoms with Gasteiger partial charge in [-0.3, -0.25) is 0 Å². The number of hydrogen-bond donors (Lipinski definition) is 0. The van der Waals surface area contributed by atoms with Crippen molar-refractivity contribution in [2.75, 3.05) is 6.61 Å². The molecule has 0 bridgehead atoms. The second kappa shape index (κ2) is 3.76. The smallest absolute Gasteiger partial charge is 0.120 e. The fourth-order valence-corrected chi connectivity index (χ4v) is 1.46. The van der Waals surface area contributed by atoms with Crippen LogP contribution < -0.4 is 9.92 Å². The molecule has 1 nitrogen and oxygen atoms in total. The van der Waals surface area contributed by atoms with Gasteiger partial charge in [-0.15, -0.1) is 0 Å². The molecule has 0 amide bonds. The molecule has 63 valence electrons. The van der Waals surface area contributed by atoms with E-state index >= 15 is 0 Å². The van der Waals surface area contributed by atoms with Crippen LogP contribution in [0.2, 0.25) is 0 Å². The summed E-state index contributed by atoms with van der Waals surface area (Å²) in [6.07, 6.45) is 0. The SMILES string of the molecule is CCOc1c([Si])ccc(C)c1C. The molecule has 1 rings (SSSR count). The van der Waals surface area contributed by atoms with Crippen molar-refractivity contribution in [3.8, 4) is 5.75 Å². The van der Waals surface area contributed by atoms with Crippen LogP contribution in [-0.4, -0.2) is 16.8 Å². The number of ether oxygens (including phenoxy) is 1. The maximum Gasteiger partial charge on any atom is 0.120 e. The van der Waals surface area contributed by atoms with Gasteiger partial charge in [0, 0.05) is 0 Å². The maximum absolute atomic E-state index is 5.50. The van der Waals surface area contributed by atoms with Gasteiger partial charge in [-0.2, -0.15) is 0 Å². The first-order valence-corrected chi connectivity index (χ1v) is 4.61. The summed E-state index contributed by atoms with van der Waals surface area (Å²) in [6.45, 7) is 6.86. The fraction of sp³-hybridized carbons (Fsp3) is 0.400. The topological polar surface area (TPSA) is 9.23 Å². The second-order valence-electron chi connectivity index (χ2n) is 2.82. The highest BCUT2D eigenvalue weighted by Crippen LogP contribution is 2.17. The minimum atomic E-state index is 0.710.